The van der Waals surface area contributed by atoms with Crippen molar-refractivity contribution in [2.24, 2.45) is 0 Å². The van der Waals surface area contributed by atoms with Gasteiger partial charge in [0.25, 0.3) is 0 Å². The summed E-state index contributed by atoms with van der Waals surface area (Å²) in [5, 5.41) is 3.71. The summed E-state index contributed by atoms with van der Waals surface area (Å²) >= 11 is 0. The number of methoxy groups -OCH3 is 2. The molecular weight excluding hydrogens is 335 g/mol. The second kappa shape index (κ2) is 6.05. The Labute approximate surface area is 150 Å². The molecule has 1 aromatic heterocycles. The van der Waals surface area contributed by atoms with Gasteiger partial charge in [-0.1, -0.05) is 0 Å². The van der Waals surface area contributed by atoms with Gasteiger partial charge in [0, 0.05) is 28.9 Å². The molecule has 0 bridgehead atoms. The average Bonchev–Trinajstić information content (AvgIpc) is 3.35. The van der Waals surface area contributed by atoms with E-state index in [0.29, 0.717) is 17.2 Å². The Balaban J connectivity index is 1.64. The van der Waals surface area contributed by atoms with Gasteiger partial charge in [-0.25, -0.2) is 4.39 Å². The third-order valence-electron chi connectivity index (χ3n) is 4.99. The Kier molecular flexibility index (Phi) is 3.83. The number of amides is 1. The van der Waals surface area contributed by atoms with Crippen molar-refractivity contribution in [2.75, 3.05) is 19.5 Å². The van der Waals surface area contributed by atoms with Crippen LogP contribution in [0.3, 0.4) is 0 Å². The van der Waals surface area contributed by atoms with E-state index in [4.69, 9.17) is 9.47 Å². The number of benzene rings is 2. The smallest absolute Gasteiger partial charge is 0.235 e. The van der Waals surface area contributed by atoms with Crippen LogP contribution in [-0.4, -0.2) is 25.1 Å². The van der Waals surface area contributed by atoms with Gasteiger partial charge in [-0.3, -0.25) is 4.79 Å². The molecule has 2 aromatic carbocycles. The lowest BCUT2D eigenvalue weighted by Gasteiger charge is -2.16. The molecule has 0 spiro atoms. The number of rotatable bonds is 5. The fraction of sp³-hybridized carbons (Fsp3) is 0.250. The van der Waals surface area contributed by atoms with Gasteiger partial charge in [0.05, 0.1) is 19.6 Å². The summed E-state index contributed by atoms with van der Waals surface area (Å²) in [4.78, 5) is 16.1. The number of hydrogen-bond acceptors (Lipinski definition) is 3. The molecule has 1 fully saturated rings. The minimum Gasteiger partial charge on any atom is -0.493 e. The summed E-state index contributed by atoms with van der Waals surface area (Å²) in [5.74, 6) is 0.729. The number of nitrogens with one attached hydrogen (secondary N) is 2. The van der Waals surface area contributed by atoms with Crippen molar-refractivity contribution in [3.05, 3.63) is 54.0 Å². The third kappa shape index (κ3) is 2.58. The van der Waals surface area contributed by atoms with E-state index in [1.54, 1.807) is 38.5 Å². The fourth-order valence-electron chi connectivity index (χ4n) is 3.40. The Hall–Kier alpha value is -3.02. The topological polar surface area (TPSA) is 63.3 Å². The number of aromatic nitrogens is 1. The highest BCUT2D eigenvalue weighted by Gasteiger charge is 2.52. The summed E-state index contributed by atoms with van der Waals surface area (Å²) in [5.41, 5.74) is 1.67. The number of hydrogen-bond donors (Lipinski definition) is 2. The van der Waals surface area contributed by atoms with Crippen LogP contribution in [0.25, 0.3) is 10.9 Å². The molecule has 0 atom stereocenters. The number of fused-ring (bicyclic) bond motifs is 1. The lowest BCUT2D eigenvalue weighted by Crippen LogP contribution is -2.27. The van der Waals surface area contributed by atoms with Crippen LogP contribution >= 0.6 is 0 Å². The lowest BCUT2D eigenvalue weighted by molar-refractivity contribution is -0.118. The molecule has 1 heterocycles. The van der Waals surface area contributed by atoms with Crippen LogP contribution in [0.4, 0.5) is 10.1 Å². The Bertz CT molecular complexity index is 992. The SMILES string of the molecule is COc1ccc(NC(=O)C2(c3c[nH]c4ccc(F)cc34)CC2)cc1OC. The van der Waals surface area contributed by atoms with E-state index < -0.39 is 5.41 Å². The molecule has 26 heavy (non-hydrogen) atoms. The first-order chi connectivity index (χ1) is 12.6. The van der Waals surface area contributed by atoms with Crippen molar-refractivity contribution in [1.29, 1.82) is 0 Å². The van der Waals surface area contributed by atoms with Gasteiger partial charge in [0.1, 0.15) is 5.82 Å². The first-order valence-electron chi connectivity index (χ1n) is 8.38. The zero-order valence-corrected chi connectivity index (χ0v) is 14.6. The number of halogens is 1. The normalized spacial score (nSPS) is 14.9. The van der Waals surface area contributed by atoms with E-state index in [1.165, 1.54) is 12.1 Å². The third-order valence-corrected chi connectivity index (χ3v) is 4.99. The van der Waals surface area contributed by atoms with Crippen LogP contribution < -0.4 is 14.8 Å². The number of H-pyrrole nitrogens is 1. The molecule has 0 aliphatic heterocycles. The zero-order valence-electron chi connectivity index (χ0n) is 14.6. The van der Waals surface area contributed by atoms with Gasteiger partial charge in [-0.15, -0.1) is 0 Å². The summed E-state index contributed by atoms with van der Waals surface area (Å²) < 4.78 is 24.2. The highest BCUT2D eigenvalue weighted by Crippen LogP contribution is 2.51. The van der Waals surface area contributed by atoms with E-state index in [9.17, 15) is 9.18 Å². The summed E-state index contributed by atoms with van der Waals surface area (Å²) in [7, 11) is 3.11. The second-order valence-corrected chi connectivity index (χ2v) is 6.50. The molecule has 1 aliphatic rings. The molecule has 1 saturated carbocycles. The molecule has 2 N–H and O–H groups in total. The van der Waals surface area contributed by atoms with Crippen molar-refractivity contribution in [3.8, 4) is 11.5 Å². The molecule has 3 aromatic rings. The van der Waals surface area contributed by atoms with E-state index in [0.717, 1.165) is 29.3 Å². The maximum absolute atomic E-state index is 13.7. The van der Waals surface area contributed by atoms with E-state index in [2.05, 4.69) is 10.3 Å². The molecular formula is C20H19FN2O3. The number of carbonyl (C=O) groups excluding carboxylic acids is 1. The fourth-order valence-corrected chi connectivity index (χ4v) is 3.40. The Morgan fingerprint density at radius 2 is 1.88 bits per heavy atom. The number of carbonyl (C=O) groups is 1. The van der Waals surface area contributed by atoms with Gasteiger partial charge in [-0.05, 0) is 48.7 Å². The monoisotopic (exact) mass is 354 g/mol. The minimum absolute atomic E-state index is 0.102. The van der Waals surface area contributed by atoms with Crippen LogP contribution in [0.5, 0.6) is 11.5 Å². The van der Waals surface area contributed by atoms with Crippen molar-refractivity contribution >= 4 is 22.5 Å². The van der Waals surface area contributed by atoms with Gasteiger partial charge >= 0.3 is 0 Å². The molecule has 0 radical (unpaired) electrons. The first-order valence-corrected chi connectivity index (χ1v) is 8.38. The van der Waals surface area contributed by atoms with Gasteiger partial charge in [0.2, 0.25) is 5.91 Å². The number of anilines is 1. The summed E-state index contributed by atoms with van der Waals surface area (Å²) in [6, 6.07) is 9.81. The van der Waals surface area contributed by atoms with Crippen molar-refractivity contribution in [3.63, 3.8) is 0 Å². The number of ether oxygens (including phenoxy) is 2. The lowest BCUT2D eigenvalue weighted by atomic mass is 9.94. The van der Waals surface area contributed by atoms with Crippen LogP contribution in [0.1, 0.15) is 18.4 Å². The molecule has 1 aliphatic carbocycles. The largest absolute Gasteiger partial charge is 0.493 e. The van der Waals surface area contributed by atoms with Gasteiger partial charge in [-0.2, -0.15) is 0 Å². The average molecular weight is 354 g/mol. The van der Waals surface area contributed by atoms with E-state index in [1.807, 2.05) is 6.20 Å². The molecule has 0 unspecified atom stereocenters. The molecule has 4 rings (SSSR count). The van der Waals surface area contributed by atoms with Crippen molar-refractivity contribution < 1.29 is 18.7 Å². The van der Waals surface area contributed by atoms with Gasteiger partial charge in [0.15, 0.2) is 11.5 Å². The molecule has 5 nitrogen and oxygen atoms in total. The molecule has 1 amide bonds. The van der Waals surface area contributed by atoms with E-state index in [-0.39, 0.29) is 11.7 Å². The van der Waals surface area contributed by atoms with Crippen LogP contribution in [-0.2, 0) is 10.2 Å². The van der Waals surface area contributed by atoms with Crippen LogP contribution in [0.15, 0.2) is 42.6 Å². The van der Waals surface area contributed by atoms with E-state index >= 15 is 0 Å². The Morgan fingerprint density at radius 1 is 1.12 bits per heavy atom. The summed E-state index contributed by atoms with van der Waals surface area (Å²) in [6.07, 6.45) is 3.27. The standard InChI is InChI=1S/C20H19FN2O3/c1-25-17-6-4-13(10-18(17)26-2)23-19(24)20(7-8-20)15-11-22-16-5-3-12(21)9-14(15)16/h3-6,9-11,22H,7-8H2,1-2H3,(H,23,24). The van der Waals surface area contributed by atoms with Crippen LogP contribution in [0, 0.1) is 5.82 Å². The minimum atomic E-state index is -0.626. The Morgan fingerprint density at radius 3 is 2.58 bits per heavy atom. The molecule has 6 heteroatoms. The maximum atomic E-state index is 13.7. The highest BCUT2D eigenvalue weighted by molar-refractivity contribution is 6.04. The highest BCUT2D eigenvalue weighted by atomic mass is 19.1. The predicted molar refractivity (Wildman–Crippen MR) is 97.3 cm³/mol. The van der Waals surface area contributed by atoms with Crippen molar-refractivity contribution in [1.82, 2.24) is 4.98 Å². The van der Waals surface area contributed by atoms with Crippen molar-refractivity contribution in [2.45, 2.75) is 18.3 Å². The van der Waals surface area contributed by atoms with Crippen LogP contribution in [0.2, 0.25) is 0 Å². The second-order valence-electron chi connectivity index (χ2n) is 6.50. The zero-order chi connectivity index (χ0) is 18.3. The number of aromatic amines is 1. The molecule has 134 valence electrons. The predicted octanol–water partition coefficient (Wildman–Crippen LogP) is 3.99. The maximum Gasteiger partial charge on any atom is 0.235 e. The quantitative estimate of drug-likeness (QED) is 0.728. The molecule has 0 saturated heterocycles. The van der Waals surface area contributed by atoms with Gasteiger partial charge < -0.3 is 19.8 Å². The summed E-state index contributed by atoms with van der Waals surface area (Å²) in [6.45, 7) is 0. The first kappa shape index (κ1) is 16.4.